The van der Waals surface area contributed by atoms with E-state index in [1.807, 2.05) is 13.8 Å². The van der Waals surface area contributed by atoms with Gasteiger partial charge in [0, 0.05) is 6.54 Å². The number of amides is 2. The second kappa shape index (κ2) is 8.56. The number of carbonyl (C=O) groups is 3. The van der Waals surface area contributed by atoms with Crippen molar-refractivity contribution in [3.8, 4) is 0 Å². The number of hydrogen-bond acceptors (Lipinski definition) is 4. The van der Waals surface area contributed by atoms with Crippen molar-refractivity contribution in [3.63, 3.8) is 0 Å². The molecule has 0 bridgehead atoms. The summed E-state index contributed by atoms with van der Waals surface area (Å²) in [5, 5.41) is 12.0. The first-order chi connectivity index (χ1) is 11.9. The van der Waals surface area contributed by atoms with Gasteiger partial charge in [-0.15, -0.1) is 6.58 Å². The Hall–Kier alpha value is -2.05. The van der Waals surface area contributed by atoms with Gasteiger partial charge in [0.25, 0.3) is 0 Å². The molecule has 0 aromatic rings. The van der Waals surface area contributed by atoms with Gasteiger partial charge < -0.3 is 15.2 Å². The molecule has 148 valence electrons. The molecule has 1 rings (SSSR count). The molecule has 1 saturated heterocycles. The van der Waals surface area contributed by atoms with Crippen LogP contribution >= 0.6 is 0 Å². The molecule has 1 aliphatic heterocycles. The summed E-state index contributed by atoms with van der Waals surface area (Å²) in [5.74, 6) is -1.44. The Kier molecular flexibility index (Phi) is 7.24. The van der Waals surface area contributed by atoms with Gasteiger partial charge in [0.15, 0.2) is 0 Å². The second-order valence-electron chi connectivity index (χ2n) is 8.25. The molecule has 2 atom stereocenters. The smallest absolute Gasteiger partial charge is 0.411 e. The maximum atomic E-state index is 13.1. The molecular weight excluding hydrogens is 336 g/mol. The fourth-order valence-electron chi connectivity index (χ4n) is 3.23. The molecule has 0 aromatic carbocycles. The van der Waals surface area contributed by atoms with Crippen LogP contribution in [-0.2, 0) is 14.3 Å². The average Bonchev–Trinajstić information content (AvgIpc) is 2.89. The van der Waals surface area contributed by atoms with E-state index >= 15 is 0 Å². The molecule has 0 spiro atoms. The van der Waals surface area contributed by atoms with Crippen LogP contribution in [0.1, 0.15) is 60.3 Å². The summed E-state index contributed by atoms with van der Waals surface area (Å²) >= 11 is 0. The number of rotatable bonds is 7. The van der Waals surface area contributed by atoms with Crippen LogP contribution in [-0.4, -0.2) is 51.7 Å². The van der Waals surface area contributed by atoms with Crippen molar-refractivity contribution in [1.29, 1.82) is 0 Å². The number of nitrogens with one attached hydrogen (secondary N) is 1. The lowest BCUT2D eigenvalue weighted by molar-refractivity contribution is -0.144. The third-order valence-corrected chi connectivity index (χ3v) is 4.32. The predicted molar refractivity (Wildman–Crippen MR) is 98.7 cm³/mol. The first-order valence-corrected chi connectivity index (χ1v) is 9.08. The summed E-state index contributed by atoms with van der Waals surface area (Å²) in [6.07, 6.45) is 2.66. The number of aliphatic carboxylic acids is 1. The van der Waals surface area contributed by atoms with E-state index in [2.05, 4.69) is 11.9 Å². The van der Waals surface area contributed by atoms with Crippen LogP contribution in [0, 0.1) is 5.92 Å². The summed E-state index contributed by atoms with van der Waals surface area (Å²) in [6, 6.07) is -0.995. The van der Waals surface area contributed by atoms with Gasteiger partial charge in [-0.1, -0.05) is 19.9 Å². The highest BCUT2D eigenvalue weighted by molar-refractivity contribution is 5.93. The standard InChI is InChI=1S/C19H32N2O5/c1-7-9-19(16(24)20-14(15(22)23)12-13(2)3)10-8-11-21(19)17(25)26-18(4,5)6/h7,13-14H,1,8-12H2,2-6H3,(H,20,24)(H,22,23)/t14-,19+/m0/s1. The van der Waals surface area contributed by atoms with Crippen LogP contribution in [0.15, 0.2) is 12.7 Å². The Morgan fingerprint density at radius 1 is 1.35 bits per heavy atom. The van der Waals surface area contributed by atoms with Gasteiger partial charge >= 0.3 is 12.1 Å². The third kappa shape index (κ3) is 5.47. The minimum atomic E-state index is -1.16. The Bertz CT molecular complexity index is 553. The van der Waals surface area contributed by atoms with Crippen molar-refractivity contribution < 1.29 is 24.2 Å². The van der Waals surface area contributed by atoms with Crippen molar-refractivity contribution in [2.24, 2.45) is 5.92 Å². The number of carbonyl (C=O) groups excluding carboxylic acids is 2. The summed E-state index contributed by atoms with van der Waals surface area (Å²) in [6.45, 7) is 13.2. The van der Waals surface area contributed by atoms with Crippen LogP contribution in [0.2, 0.25) is 0 Å². The molecule has 7 heteroatoms. The van der Waals surface area contributed by atoms with E-state index in [-0.39, 0.29) is 12.3 Å². The molecule has 1 fully saturated rings. The molecule has 0 aliphatic carbocycles. The van der Waals surface area contributed by atoms with Gasteiger partial charge in [-0.25, -0.2) is 9.59 Å². The lowest BCUT2D eigenvalue weighted by Crippen LogP contribution is -2.60. The van der Waals surface area contributed by atoms with E-state index in [9.17, 15) is 19.5 Å². The number of nitrogens with zero attached hydrogens (tertiary/aromatic N) is 1. The molecule has 0 radical (unpaired) electrons. The van der Waals surface area contributed by atoms with E-state index < -0.39 is 35.2 Å². The highest BCUT2D eigenvalue weighted by Crippen LogP contribution is 2.35. The minimum Gasteiger partial charge on any atom is -0.480 e. The van der Waals surface area contributed by atoms with Crippen molar-refractivity contribution >= 4 is 18.0 Å². The lowest BCUT2D eigenvalue weighted by Gasteiger charge is -2.38. The van der Waals surface area contributed by atoms with Crippen molar-refractivity contribution in [3.05, 3.63) is 12.7 Å². The van der Waals surface area contributed by atoms with Gasteiger partial charge in [-0.3, -0.25) is 9.69 Å². The van der Waals surface area contributed by atoms with E-state index in [4.69, 9.17) is 4.74 Å². The van der Waals surface area contributed by atoms with Crippen LogP contribution in [0.5, 0.6) is 0 Å². The highest BCUT2D eigenvalue weighted by atomic mass is 16.6. The molecule has 2 amide bonds. The molecule has 7 nitrogen and oxygen atoms in total. The number of carboxylic acid groups (broad SMARTS) is 1. The molecule has 0 unspecified atom stereocenters. The highest BCUT2D eigenvalue weighted by Gasteiger charge is 2.50. The maximum Gasteiger partial charge on any atom is 0.411 e. The Labute approximate surface area is 155 Å². The van der Waals surface area contributed by atoms with Gasteiger partial charge in [0.2, 0.25) is 5.91 Å². The zero-order valence-corrected chi connectivity index (χ0v) is 16.5. The van der Waals surface area contributed by atoms with E-state index in [1.165, 1.54) is 4.90 Å². The third-order valence-electron chi connectivity index (χ3n) is 4.32. The summed E-state index contributed by atoms with van der Waals surface area (Å²) in [5.41, 5.74) is -1.84. The molecule has 0 saturated carbocycles. The van der Waals surface area contributed by atoms with E-state index in [0.29, 0.717) is 25.8 Å². The van der Waals surface area contributed by atoms with Crippen molar-refractivity contribution in [1.82, 2.24) is 10.2 Å². The normalized spacial score (nSPS) is 21.4. The Morgan fingerprint density at radius 2 is 1.96 bits per heavy atom. The quantitative estimate of drug-likeness (QED) is 0.674. The number of hydrogen-bond donors (Lipinski definition) is 2. The van der Waals surface area contributed by atoms with E-state index in [1.54, 1.807) is 26.8 Å². The largest absolute Gasteiger partial charge is 0.480 e. The fraction of sp³-hybridized carbons (Fsp3) is 0.737. The Morgan fingerprint density at radius 3 is 2.42 bits per heavy atom. The molecular formula is C19H32N2O5. The van der Waals surface area contributed by atoms with Crippen LogP contribution in [0.4, 0.5) is 4.79 Å². The Balaban J connectivity index is 3.09. The van der Waals surface area contributed by atoms with Gasteiger partial charge in [-0.2, -0.15) is 0 Å². The van der Waals surface area contributed by atoms with Crippen molar-refractivity contribution in [2.75, 3.05) is 6.54 Å². The van der Waals surface area contributed by atoms with Crippen LogP contribution in [0.3, 0.4) is 0 Å². The number of likely N-dealkylation sites (tertiary alicyclic amines) is 1. The topological polar surface area (TPSA) is 95.9 Å². The maximum absolute atomic E-state index is 13.1. The lowest BCUT2D eigenvalue weighted by atomic mass is 9.90. The first kappa shape index (κ1) is 22.0. The molecule has 2 N–H and O–H groups in total. The minimum absolute atomic E-state index is 0.109. The number of ether oxygens (including phenoxy) is 1. The van der Waals surface area contributed by atoms with Crippen molar-refractivity contribution in [2.45, 2.75) is 77.5 Å². The molecule has 1 heterocycles. The molecule has 1 aliphatic rings. The summed E-state index contributed by atoms with van der Waals surface area (Å²) < 4.78 is 5.45. The summed E-state index contributed by atoms with van der Waals surface area (Å²) in [4.78, 5) is 38.6. The molecule has 26 heavy (non-hydrogen) atoms. The second-order valence-corrected chi connectivity index (χ2v) is 8.25. The van der Waals surface area contributed by atoms with Gasteiger partial charge in [-0.05, 0) is 52.4 Å². The van der Waals surface area contributed by atoms with Gasteiger partial charge in [0.05, 0.1) is 0 Å². The number of carboxylic acids is 1. The molecule has 0 aromatic heterocycles. The monoisotopic (exact) mass is 368 g/mol. The van der Waals surface area contributed by atoms with Crippen LogP contribution in [0.25, 0.3) is 0 Å². The zero-order valence-electron chi connectivity index (χ0n) is 16.5. The predicted octanol–water partition coefficient (Wildman–Crippen LogP) is 2.95. The zero-order chi connectivity index (χ0) is 20.1. The van der Waals surface area contributed by atoms with Crippen LogP contribution < -0.4 is 5.32 Å². The fourth-order valence-corrected chi connectivity index (χ4v) is 3.23. The van der Waals surface area contributed by atoms with Gasteiger partial charge in [0.1, 0.15) is 17.2 Å². The first-order valence-electron chi connectivity index (χ1n) is 9.08. The van der Waals surface area contributed by atoms with E-state index in [0.717, 1.165) is 0 Å². The average molecular weight is 368 g/mol. The SMILES string of the molecule is C=CC[C@]1(C(=O)N[C@@H](CC(C)C)C(=O)O)CCCN1C(=O)OC(C)(C)C. The summed E-state index contributed by atoms with van der Waals surface area (Å²) in [7, 11) is 0.